The van der Waals surface area contributed by atoms with Gasteiger partial charge in [0.25, 0.3) is 0 Å². The molecule has 0 spiro atoms. The zero-order valence-electron chi connectivity index (χ0n) is 37.7. The molecule has 0 aliphatic heterocycles. The Bertz CT molecular complexity index is 3930. The van der Waals surface area contributed by atoms with E-state index >= 15 is 0 Å². The van der Waals surface area contributed by atoms with Crippen LogP contribution in [0.4, 0.5) is 17.1 Å². The van der Waals surface area contributed by atoms with Crippen LogP contribution in [-0.4, -0.2) is 4.57 Å². The lowest BCUT2D eigenvalue weighted by molar-refractivity contribution is 0.669. The van der Waals surface area contributed by atoms with Crippen molar-refractivity contribution in [3.8, 4) is 61.3 Å². The second-order valence-electron chi connectivity index (χ2n) is 17.6. The van der Waals surface area contributed by atoms with Crippen molar-refractivity contribution in [1.82, 2.24) is 4.57 Å². The Balaban J connectivity index is 1.01. The Kier molecular flexibility index (Phi) is 9.84. The van der Waals surface area contributed by atoms with Gasteiger partial charge in [0.1, 0.15) is 11.2 Å². The van der Waals surface area contributed by atoms with Crippen LogP contribution in [0.3, 0.4) is 0 Å². The lowest BCUT2D eigenvalue weighted by atomic mass is 9.90. The van der Waals surface area contributed by atoms with E-state index in [0.717, 1.165) is 72.5 Å². The first-order valence-electron chi connectivity index (χ1n) is 23.6. The van der Waals surface area contributed by atoms with Gasteiger partial charge in [0, 0.05) is 44.2 Å². The number of benzene rings is 11. The molecule has 0 fully saturated rings. The Morgan fingerprint density at radius 2 is 0.710 bits per heavy atom. The van der Waals surface area contributed by atoms with Crippen LogP contribution < -0.4 is 4.90 Å². The average molecular weight is 881 g/mol. The fraction of sp³-hybridized carbons (Fsp3) is 0. The molecule has 11 aromatic carbocycles. The summed E-state index contributed by atoms with van der Waals surface area (Å²) in [5, 5.41) is 4.66. The summed E-state index contributed by atoms with van der Waals surface area (Å²) in [6.45, 7) is 0. The van der Waals surface area contributed by atoms with E-state index in [1.807, 2.05) is 6.07 Å². The molecular formula is C66H44N2O. The van der Waals surface area contributed by atoms with Gasteiger partial charge >= 0.3 is 0 Å². The summed E-state index contributed by atoms with van der Waals surface area (Å²) in [7, 11) is 0. The molecule has 0 N–H and O–H groups in total. The smallest absolute Gasteiger partial charge is 0.136 e. The summed E-state index contributed by atoms with van der Waals surface area (Å²) in [4.78, 5) is 2.39. The topological polar surface area (TPSA) is 21.3 Å². The first-order chi connectivity index (χ1) is 34.2. The van der Waals surface area contributed by atoms with Crippen molar-refractivity contribution in [2.45, 2.75) is 0 Å². The molecule has 0 amide bonds. The minimum Gasteiger partial charge on any atom is -0.456 e. The van der Waals surface area contributed by atoms with Gasteiger partial charge in [0.2, 0.25) is 0 Å². The second kappa shape index (κ2) is 16.9. The number of hydrogen-bond donors (Lipinski definition) is 0. The number of furan rings is 1. The SMILES string of the molecule is c1ccc(-c2ccc(-c3ccc(N(c4ccc(-c5ccccc5)cc4)c4ccc(-c5ccccc5-n5c6ccccc6c6ccccc65)c(-c5cccc6oc7ccccc7c56)c4)cc3)cc2)cc1. The quantitative estimate of drug-likeness (QED) is 0.144. The molecule has 0 saturated carbocycles. The van der Waals surface area contributed by atoms with Crippen molar-refractivity contribution in [2.75, 3.05) is 4.90 Å². The van der Waals surface area contributed by atoms with Gasteiger partial charge < -0.3 is 13.9 Å². The van der Waals surface area contributed by atoms with E-state index in [9.17, 15) is 0 Å². The third-order valence-electron chi connectivity index (χ3n) is 13.7. The molecule has 2 aromatic heterocycles. The summed E-state index contributed by atoms with van der Waals surface area (Å²) in [5.74, 6) is 0. The zero-order chi connectivity index (χ0) is 45.7. The third kappa shape index (κ3) is 7.08. The van der Waals surface area contributed by atoms with Gasteiger partial charge in [-0.15, -0.1) is 0 Å². The third-order valence-corrected chi connectivity index (χ3v) is 13.7. The number of hydrogen-bond acceptors (Lipinski definition) is 2. The number of nitrogens with zero attached hydrogens (tertiary/aromatic N) is 2. The Labute approximate surface area is 401 Å². The molecule has 2 heterocycles. The van der Waals surface area contributed by atoms with Crippen LogP contribution in [0.2, 0.25) is 0 Å². The van der Waals surface area contributed by atoms with E-state index in [0.29, 0.717) is 0 Å². The van der Waals surface area contributed by atoms with E-state index in [1.54, 1.807) is 0 Å². The van der Waals surface area contributed by atoms with Crippen molar-refractivity contribution in [3.63, 3.8) is 0 Å². The van der Waals surface area contributed by atoms with Crippen molar-refractivity contribution in [2.24, 2.45) is 0 Å². The molecule has 3 heteroatoms. The van der Waals surface area contributed by atoms with Gasteiger partial charge in [-0.2, -0.15) is 0 Å². The van der Waals surface area contributed by atoms with Gasteiger partial charge in [0.05, 0.1) is 16.7 Å². The van der Waals surface area contributed by atoms with E-state index < -0.39 is 0 Å². The molecule has 0 saturated heterocycles. The highest BCUT2D eigenvalue weighted by atomic mass is 16.3. The van der Waals surface area contributed by atoms with Crippen LogP contribution in [0.25, 0.3) is 105 Å². The molecule has 3 nitrogen and oxygen atoms in total. The maximum atomic E-state index is 6.57. The Morgan fingerprint density at radius 1 is 0.275 bits per heavy atom. The summed E-state index contributed by atoms with van der Waals surface area (Å²) in [6, 6.07) is 96.2. The number of rotatable bonds is 9. The van der Waals surface area contributed by atoms with Gasteiger partial charge in [-0.25, -0.2) is 0 Å². The number of fused-ring (bicyclic) bond motifs is 6. The number of aromatic nitrogens is 1. The molecular weight excluding hydrogens is 837 g/mol. The predicted molar refractivity (Wildman–Crippen MR) is 290 cm³/mol. The van der Waals surface area contributed by atoms with E-state index in [-0.39, 0.29) is 0 Å². The van der Waals surface area contributed by atoms with Gasteiger partial charge in [0.15, 0.2) is 0 Å². The number of para-hydroxylation sites is 4. The standard InChI is InChI=1S/C66H44N2O/c1-3-16-45(17-4-1)47-30-32-48(33-31-47)50-36-40-52(41-37-50)67(51-38-34-49(35-39-51)46-18-5-2-6-19-46)53-42-43-54(60(44-53)58-24-15-29-65-66(58)59-23-10-14-28-64(59)69-65)55-20-7-11-25-61(55)68-62-26-12-8-21-56(62)57-22-9-13-27-63(57)68/h1-44H. The minimum atomic E-state index is 0.862. The summed E-state index contributed by atoms with van der Waals surface area (Å²) >= 11 is 0. The molecule has 69 heavy (non-hydrogen) atoms. The van der Waals surface area contributed by atoms with E-state index in [4.69, 9.17) is 4.42 Å². The summed E-state index contributed by atoms with van der Waals surface area (Å²) < 4.78 is 9.00. The second-order valence-corrected chi connectivity index (χ2v) is 17.6. The zero-order valence-corrected chi connectivity index (χ0v) is 37.7. The van der Waals surface area contributed by atoms with Crippen LogP contribution in [0, 0.1) is 0 Å². The van der Waals surface area contributed by atoms with Gasteiger partial charge in [-0.1, -0.05) is 200 Å². The first kappa shape index (κ1) is 40.1. The Hall–Kier alpha value is -9.18. The fourth-order valence-electron chi connectivity index (χ4n) is 10.4. The van der Waals surface area contributed by atoms with Crippen LogP contribution in [0.5, 0.6) is 0 Å². The molecule has 0 unspecified atom stereocenters. The first-order valence-corrected chi connectivity index (χ1v) is 23.6. The Morgan fingerprint density at radius 3 is 1.30 bits per heavy atom. The summed E-state index contributed by atoms with van der Waals surface area (Å²) in [6.07, 6.45) is 0. The van der Waals surface area contributed by atoms with E-state index in [1.165, 1.54) is 49.6 Å². The molecule has 0 aliphatic rings. The molecule has 0 aliphatic carbocycles. The fourth-order valence-corrected chi connectivity index (χ4v) is 10.4. The van der Waals surface area contributed by atoms with Gasteiger partial charge in [-0.05, 0) is 117 Å². The average Bonchev–Trinajstić information content (AvgIpc) is 3.98. The predicted octanol–water partition coefficient (Wildman–Crippen LogP) is 18.5. The monoisotopic (exact) mass is 880 g/mol. The number of anilines is 3. The van der Waals surface area contributed by atoms with Crippen molar-refractivity contribution in [1.29, 1.82) is 0 Å². The van der Waals surface area contributed by atoms with Gasteiger partial charge in [-0.3, -0.25) is 0 Å². The maximum absolute atomic E-state index is 6.57. The minimum absolute atomic E-state index is 0.862. The summed E-state index contributed by atoms with van der Waals surface area (Å²) in [5.41, 5.74) is 20.0. The highest BCUT2D eigenvalue weighted by molar-refractivity contribution is 6.15. The van der Waals surface area contributed by atoms with Crippen molar-refractivity contribution >= 4 is 60.8 Å². The lowest BCUT2D eigenvalue weighted by Gasteiger charge is -2.27. The highest BCUT2D eigenvalue weighted by Gasteiger charge is 2.23. The van der Waals surface area contributed by atoms with Crippen molar-refractivity contribution < 1.29 is 4.42 Å². The molecule has 0 bridgehead atoms. The lowest BCUT2D eigenvalue weighted by Crippen LogP contribution is -2.10. The largest absolute Gasteiger partial charge is 0.456 e. The highest BCUT2D eigenvalue weighted by Crippen LogP contribution is 2.47. The van der Waals surface area contributed by atoms with Crippen LogP contribution in [0.15, 0.2) is 271 Å². The molecule has 0 atom stereocenters. The molecule has 0 radical (unpaired) electrons. The van der Waals surface area contributed by atoms with Crippen LogP contribution in [-0.2, 0) is 0 Å². The molecule has 13 rings (SSSR count). The van der Waals surface area contributed by atoms with Crippen LogP contribution >= 0.6 is 0 Å². The van der Waals surface area contributed by atoms with Crippen molar-refractivity contribution in [3.05, 3.63) is 267 Å². The normalized spacial score (nSPS) is 11.5. The van der Waals surface area contributed by atoms with E-state index in [2.05, 4.69) is 270 Å². The molecule has 324 valence electrons. The maximum Gasteiger partial charge on any atom is 0.136 e. The van der Waals surface area contributed by atoms with Crippen LogP contribution in [0.1, 0.15) is 0 Å². The molecule has 13 aromatic rings.